The standard InChI is InChI=1S/C16H18BrNO/c1-10-4-6-12(7-5-10)16(18)13-9-14(17)11(2)8-15(13)19-3/h4-9,16H,18H2,1-3H3. The smallest absolute Gasteiger partial charge is 0.124 e. The van der Waals surface area contributed by atoms with Gasteiger partial charge in [0, 0.05) is 10.0 Å². The fourth-order valence-corrected chi connectivity index (χ4v) is 2.40. The fraction of sp³-hybridized carbons (Fsp3) is 0.250. The Morgan fingerprint density at radius 2 is 1.74 bits per heavy atom. The first-order valence-corrected chi connectivity index (χ1v) is 6.98. The van der Waals surface area contributed by atoms with Gasteiger partial charge in [0.2, 0.25) is 0 Å². The van der Waals surface area contributed by atoms with Crippen molar-refractivity contribution in [2.45, 2.75) is 19.9 Å². The summed E-state index contributed by atoms with van der Waals surface area (Å²) in [5.41, 5.74) is 10.8. The molecule has 0 aromatic heterocycles. The lowest BCUT2D eigenvalue weighted by Crippen LogP contribution is -2.13. The van der Waals surface area contributed by atoms with Gasteiger partial charge in [-0.3, -0.25) is 0 Å². The number of halogens is 1. The molecular weight excluding hydrogens is 302 g/mol. The van der Waals surface area contributed by atoms with Crippen LogP contribution in [0.4, 0.5) is 0 Å². The summed E-state index contributed by atoms with van der Waals surface area (Å²) in [6.07, 6.45) is 0. The Hall–Kier alpha value is -1.32. The highest BCUT2D eigenvalue weighted by atomic mass is 79.9. The van der Waals surface area contributed by atoms with Crippen LogP contribution in [0.15, 0.2) is 40.9 Å². The topological polar surface area (TPSA) is 35.2 Å². The summed E-state index contributed by atoms with van der Waals surface area (Å²) in [6, 6.07) is 12.1. The number of hydrogen-bond acceptors (Lipinski definition) is 2. The molecule has 100 valence electrons. The van der Waals surface area contributed by atoms with Gasteiger partial charge in [-0.2, -0.15) is 0 Å². The SMILES string of the molecule is COc1cc(C)c(Br)cc1C(N)c1ccc(C)cc1. The number of ether oxygens (including phenoxy) is 1. The Morgan fingerprint density at radius 3 is 2.32 bits per heavy atom. The molecular formula is C16H18BrNO. The van der Waals surface area contributed by atoms with Crippen molar-refractivity contribution in [2.75, 3.05) is 7.11 Å². The second-order valence-corrected chi connectivity index (χ2v) is 5.59. The fourth-order valence-electron chi connectivity index (χ4n) is 2.04. The quantitative estimate of drug-likeness (QED) is 0.923. The number of methoxy groups -OCH3 is 1. The van der Waals surface area contributed by atoms with Crippen LogP contribution in [0.1, 0.15) is 28.3 Å². The van der Waals surface area contributed by atoms with E-state index in [1.54, 1.807) is 7.11 Å². The first-order valence-electron chi connectivity index (χ1n) is 6.19. The molecule has 2 aromatic rings. The Balaban J connectivity index is 2.45. The highest BCUT2D eigenvalue weighted by Crippen LogP contribution is 2.33. The van der Waals surface area contributed by atoms with Gasteiger partial charge < -0.3 is 10.5 Å². The first kappa shape index (κ1) is 14.1. The molecule has 0 bridgehead atoms. The number of benzene rings is 2. The molecule has 1 atom stereocenters. The molecule has 2 nitrogen and oxygen atoms in total. The summed E-state index contributed by atoms with van der Waals surface area (Å²) in [5, 5.41) is 0. The van der Waals surface area contributed by atoms with Gasteiger partial charge >= 0.3 is 0 Å². The lowest BCUT2D eigenvalue weighted by molar-refractivity contribution is 0.407. The Kier molecular flexibility index (Phi) is 4.27. The van der Waals surface area contributed by atoms with Gasteiger partial charge in [-0.15, -0.1) is 0 Å². The number of aryl methyl sites for hydroxylation is 2. The van der Waals surface area contributed by atoms with E-state index in [0.717, 1.165) is 26.9 Å². The van der Waals surface area contributed by atoms with Crippen molar-refractivity contribution in [3.8, 4) is 5.75 Å². The van der Waals surface area contributed by atoms with Crippen LogP contribution >= 0.6 is 15.9 Å². The highest BCUT2D eigenvalue weighted by Gasteiger charge is 2.15. The lowest BCUT2D eigenvalue weighted by atomic mass is 9.97. The summed E-state index contributed by atoms with van der Waals surface area (Å²) in [4.78, 5) is 0. The van der Waals surface area contributed by atoms with Crippen molar-refractivity contribution < 1.29 is 4.74 Å². The van der Waals surface area contributed by atoms with Crippen LogP contribution in [-0.2, 0) is 0 Å². The molecule has 0 saturated carbocycles. The van der Waals surface area contributed by atoms with Crippen molar-refractivity contribution in [2.24, 2.45) is 5.73 Å². The van der Waals surface area contributed by atoms with Crippen LogP contribution in [0, 0.1) is 13.8 Å². The third-order valence-corrected chi connectivity index (χ3v) is 4.14. The third kappa shape index (κ3) is 2.99. The van der Waals surface area contributed by atoms with Gasteiger partial charge in [0.1, 0.15) is 5.75 Å². The monoisotopic (exact) mass is 319 g/mol. The van der Waals surface area contributed by atoms with Gasteiger partial charge in [0.25, 0.3) is 0 Å². The van der Waals surface area contributed by atoms with Gasteiger partial charge in [-0.25, -0.2) is 0 Å². The molecule has 2 aromatic carbocycles. The van der Waals surface area contributed by atoms with E-state index in [1.807, 2.05) is 19.1 Å². The van der Waals surface area contributed by atoms with E-state index >= 15 is 0 Å². The van der Waals surface area contributed by atoms with Crippen molar-refractivity contribution in [1.82, 2.24) is 0 Å². The zero-order chi connectivity index (χ0) is 14.0. The van der Waals surface area contributed by atoms with E-state index in [1.165, 1.54) is 5.56 Å². The van der Waals surface area contributed by atoms with Crippen LogP contribution in [0.25, 0.3) is 0 Å². The predicted molar refractivity (Wildman–Crippen MR) is 82.6 cm³/mol. The Bertz CT molecular complexity index is 578. The molecule has 0 saturated heterocycles. The van der Waals surface area contributed by atoms with Gasteiger partial charge in [0.15, 0.2) is 0 Å². The van der Waals surface area contributed by atoms with E-state index in [9.17, 15) is 0 Å². The molecule has 0 radical (unpaired) electrons. The average molecular weight is 320 g/mol. The van der Waals surface area contributed by atoms with Gasteiger partial charge in [-0.1, -0.05) is 45.8 Å². The van der Waals surface area contributed by atoms with Crippen molar-refractivity contribution in [3.05, 3.63) is 63.1 Å². The molecule has 0 amide bonds. The predicted octanol–water partition coefficient (Wildman–Crippen LogP) is 4.12. The van der Waals surface area contributed by atoms with Gasteiger partial charge in [0.05, 0.1) is 13.2 Å². The molecule has 3 heteroatoms. The van der Waals surface area contributed by atoms with E-state index in [2.05, 4.69) is 47.1 Å². The van der Waals surface area contributed by atoms with Crippen LogP contribution in [0.5, 0.6) is 5.75 Å². The van der Waals surface area contributed by atoms with Crippen LogP contribution in [0.3, 0.4) is 0 Å². The zero-order valence-electron chi connectivity index (χ0n) is 11.4. The molecule has 0 aliphatic carbocycles. The Morgan fingerprint density at radius 1 is 1.11 bits per heavy atom. The minimum absolute atomic E-state index is 0.188. The van der Waals surface area contributed by atoms with Crippen molar-refractivity contribution in [3.63, 3.8) is 0 Å². The maximum atomic E-state index is 6.36. The van der Waals surface area contributed by atoms with Crippen LogP contribution < -0.4 is 10.5 Å². The molecule has 0 aliphatic rings. The average Bonchev–Trinajstić information content (AvgIpc) is 2.41. The second kappa shape index (κ2) is 5.76. The normalized spacial score (nSPS) is 12.3. The molecule has 0 heterocycles. The summed E-state index contributed by atoms with van der Waals surface area (Å²) < 4.78 is 6.49. The molecule has 0 fully saturated rings. The highest BCUT2D eigenvalue weighted by molar-refractivity contribution is 9.10. The lowest BCUT2D eigenvalue weighted by Gasteiger charge is -2.18. The molecule has 19 heavy (non-hydrogen) atoms. The van der Waals surface area contributed by atoms with Crippen LogP contribution in [0.2, 0.25) is 0 Å². The summed E-state index contributed by atoms with van der Waals surface area (Å²) in [7, 11) is 1.67. The molecule has 2 rings (SSSR count). The van der Waals surface area contributed by atoms with Crippen molar-refractivity contribution >= 4 is 15.9 Å². The largest absolute Gasteiger partial charge is 0.496 e. The number of nitrogens with two attached hydrogens (primary N) is 1. The van der Waals surface area contributed by atoms with E-state index < -0.39 is 0 Å². The van der Waals surface area contributed by atoms with E-state index in [-0.39, 0.29) is 6.04 Å². The number of rotatable bonds is 3. The Labute approximate surface area is 122 Å². The first-order chi connectivity index (χ1) is 9.02. The van der Waals surface area contributed by atoms with Gasteiger partial charge in [-0.05, 0) is 37.1 Å². The zero-order valence-corrected chi connectivity index (χ0v) is 13.0. The minimum Gasteiger partial charge on any atom is -0.496 e. The maximum Gasteiger partial charge on any atom is 0.124 e. The van der Waals surface area contributed by atoms with Crippen molar-refractivity contribution in [1.29, 1.82) is 0 Å². The van der Waals surface area contributed by atoms with Crippen LogP contribution in [-0.4, -0.2) is 7.11 Å². The second-order valence-electron chi connectivity index (χ2n) is 4.73. The molecule has 0 spiro atoms. The molecule has 1 unspecified atom stereocenters. The minimum atomic E-state index is -0.188. The summed E-state index contributed by atoms with van der Waals surface area (Å²) in [5.74, 6) is 0.828. The van der Waals surface area contributed by atoms with E-state index in [4.69, 9.17) is 10.5 Å². The van der Waals surface area contributed by atoms with E-state index in [0.29, 0.717) is 0 Å². The third-order valence-electron chi connectivity index (χ3n) is 3.28. The number of hydrogen-bond donors (Lipinski definition) is 1. The summed E-state index contributed by atoms with van der Waals surface area (Å²) in [6.45, 7) is 4.10. The maximum absolute atomic E-state index is 6.36. The summed E-state index contributed by atoms with van der Waals surface area (Å²) >= 11 is 3.55. The molecule has 0 aliphatic heterocycles. The molecule has 2 N–H and O–H groups in total.